The van der Waals surface area contributed by atoms with Gasteiger partial charge in [0.25, 0.3) is 0 Å². The van der Waals surface area contributed by atoms with Gasteiger partial charge in [-0.3, -0.25) is 0 Å². The maximum absolute atomic E-state index is 13.7. The molecule has 0 radical (unpaired) electrons. The Hall–Kier alpha value is -4.37. The highest BCUT2D eigenvalue weighted by molar-refractivity contribution is 6.12. The predicted molar refractivity (Wildman–Crippen MR) is 129 cm³/mol. The highest BCUT2D eigenvalue weighted by Gasteiger charge is 2.18. The Morgan fingerprint density at radius 2 is 1.79 bits per heavy atom. The Kier molecular flexibility index (Phi) is 8.38. The van der Waals surface area contributed by atoms with Crippen molar-refractivity contribution in [2.45, 2.75) is 13.0 Å². The highest BCUT2D eigenvalue weighted by Crippen LogP contribution is 2.25. The third-order valence-corrected chi connectivity index (χ3v) is 5.04. The summed E-state index contributed by atoms with van der Waals surface area (Å²) in [6, 6.07) is 21.7. The van der Waals surface area contributed by atoms with Crippen molar-refractivity contribution in [2.75, 3.05) is 13.7 Å². The van der Waals surface area contributed by atoms with Gasteiger partial charge in [-0.15, -0.1) is 0 Å². The zero-order valence-corrected chi connectivity index (χ0v) is 18.6. The van der Waals surface area contributed by atoms with Gasteiger partial charge in [-0.1, -0.05) is 91.0 Å². The molecular weight excluding hydrogens is 414 g/mol. The number of esters is 1. The minimum atomic E-state index is -0.743. The summed E-state index contributed by atoms with van der Waals surface area (Å²) < 4.78 is 4.48. The van der Waals surface area contributed by atoms with E-state index in [4.69, 9.17) is 0 Å². The average Bonchev–Trinajstić information content (AvgIpc) is 2.87. The second-order valence-corrected chi connectivity index (χ2v) is 7.18. The molecule has 166 valence electrons. The lowest BCUT2D eigenvalue weighted by Gasteiger charge is -2.37. The number of benzene rings is 2. The van der Waals surface area contributed by atoms with Gasteiger partial charge in [0.1, 0.15) is 10.1 Å². The van der Waals surface area contributed by atoms with Crippen LogP contribution in [0.25, 0.3) is 11.0 Å². The number of nitrogens with zero attached hydrogens (tertiary/aromatic N) is 3. The molecule has 1 aliphatic carbocycles. The van der Waals surface area contributed by atoms with Crippen molar-refractivity contribution in [3.8, 4) is 6.07 Å². The van der Waals surface area contributed by atoms with Crippen molar-refractivity contribution in [3.05, 3.63) is 119 Å². The van der Waals surface area contributed by atoms with Crippen molar-refractivity contribution in [3.63, 3.8) is 0 Å². The van der Waals surface area contributed by atoms with E-state index in [1.165, 1.54) is 7.11 Å². The Balaban J connectivity index is 1.97. The molecule has 0 aliphatic heterocycles. The molecule has 0 aromatic heterocycles. The number of hydrogen-bond acceptors (Lipinski definition) is 5. The summed E-state index contributed by atoms with van der Waals surface area (Å²) in [6.07, 6.45) is 10.8. The van der Waals surface area contributed by atoms with Crippen LogP contribution < -0.4 is 5.11 Å². The topological polar surface area (TPSA) is 69.3 Å². The smallest absolute Gasteiger partial charge is 0.463 e. The van der Waals surface area contributed by atoms with Gasteiger partial charge in [0, 0.05) is 12.1 Å². The van der Waals surface area contributed by atoms with E-state index in [1.807, 2.05) is 79.7 Å². The van der Waals surface area contributed by atoms with E-state index in [-0.39, 0.29) is 11.9 Å². The molecule has 0 saturated carbocycles. The largest absolute Gasteiger partial charge is 0.860 e. The lowest BCUT2D eigenvalue weighted by Crippen LogP contribution is -2.35. The molecule has 0 amide bonds. The summed E-state index contributed by atoms with van der Waals surface area (Å²) >= 11 is 0. The van der Waals surface area contributed by atoms with E-state index in [0.29, 0.717) is 17.8 Å². The second-order valence-electron chi connectivity index (χ2n) is 7.18. The zero-order chi connectivity index (χ0) is 23.5. The standard InChI is InChI=1S/C27H25N3O3/c1-21(23-15-7-4-8-16-23)30(19-11-14-22-12-5-3-6-13-22)27(32)24-17-9-10-18-25(24)29-28-20-26(31)33-2/h3-18,21H,19H2,1-2H3/b14-11-/t21-/m0/s1. The monoisotopic (exact) mass is 439 g/mol. The van der Waals surface area contributed by atoms with Crippen molar-refractivity contribution in [1.29, 1.82) is 0 Å². The van der Waals surface area contributed by atoms with Gasteiger partial charge in [0.2, 0.25) is 0 Å². The molecule has 3 rings (SSSR count). The normalized spacial score (nSPS) is 16.2. The first-order valence-electron chi connectivity index (χ1n) is 10.5. The van der Waals surface area contributed by atoms with Gasteiger partial charge in [0.05, 0.1) is 13.2 Å². The molecule has 0 saturated heterocycles. The van der Waals surface area contributed by atoms with Crippen molar-refractivity contribution in [1.82, 2.24) is 4.90 Å². The molecule has 2 aromatic rings. The SMILES string of the molecule is COC(=O)C#[N+]/N=C1\C=CC=C\C1=C(\[O-])N(C/C=C\c1ccccc1)[C@@H](C)c1ccccc1. The van der Waals surface area contributed by atoms with Gasteiger partial charge in [0.15, 0.2) is 5.71 Å². The van der Waals surface area contributed by atoms with Crippen LogP contribution in [0.4, 0.5) is 0 Å². The maximum atomic E-state index is 13.7. The third kappa shape index (κ3) is 6.55. The molecule has 1 aliphatic rings. The minimum Gasteiger partial charge on any atom is -0.860 e. The quantitative estimate of drug-likeness (QED) is 0.291. The highest BCUT2D eigenvalue weighted by atomic mass is 16.5. The van der Waals surface area contributed by atoms with Crippen LogP contribution in [0.15, 0.2) is 108 Å². The summed E-state index contributed by atoms with van der Waals surface area (Å²) in [5, 5.41) is 17.7. The van der Waals surface area contributed by atoms with Crippen LogP contribution in [0.2, 0.25) is 0 Å². The molecule has 2 aromatic carbocycles. The number of hydrogen-bond donors (Lipinski definition) is 0. The second kappa shape index (κ2) is 11.9. The fourth-order valence-corrected chi connectivity index (χ4v) is 3.26. The molecule has 0 heterocycles. The van der Waals surface area contributed by atoms with Crippen molar-refractivity contribution < 1.29 is 14.6 Å². The van der Waals surface area contributed by atoms with E-state index >= 15 is 0 Å². The van der Waals surface area contributed by atoms with Crippen molar-refractivity contribution >= 4 is 17.8 Å². The summed E-state index contributed by atoms with van der Waals surface area (Å²) in [5.41, 5.74) is 2.80. The fraction of sp³-hybridized carbons (Fsp3) is 0.148. The van der Waals surface area contributed by atoms with E-state index in [1.54, 1.807) is 29.2 Å². The van der Waals surface area contributed by atoms with Crippen molar-refractivity contribution in [2.24, 2.45) is 5.10 Å². The predicted octanol–water partition coefficient (Wildman–Crippen LogP) is 4.32. The van der Waals surface area contributed by atoms with Crippen LogP contribution in [0.5, 0.6) is 0 Å². The molecule has 0 spiro atoms. The van der Waals surface area contributed by atoms with Crippen LogP contribution in [-0.4, -0.2) is 30.2 Å². The Labute approximate surface area is 193 Å². The van der Waals surface area contributed by atoms with E-state index < -0.39 is 5.97 Å². The Morgan fingerprint density at radius 1 is 1.12 bits per heavy atom. The third-order valence-electron chi connectivity index (χ3n) is 5.04. The van der Waals surface area contributed by atoms with Crippen LogP contribution in [0.3, 0.4) is 0 Å². The Morgan fingerprint density at radius 3 is 2.48 bits per heavy atom. The van der Waals surface area contributed by atoms with Crippen LogP contribution in [0.1, 0.15) is 24.1 Å². The molecule has 0 bridgehead atoms. The lowest BCUT2D eigenvalue weighted by atomic mass is 10.0. The summed E-state index contributed by atoms with van der Waals surface area (Å²) in [4.78, 5) is 16.7. The first-order chi connectivity index (χ1) is 16.1. The van der Waals surface area contributed by atoms with E-state index in [2.05, 4.69) is 20.9 Å². The summed E-state index contributed by atoms with van der Waals surface area (Å²) in [5.74, 6) is -0.940. The lowest BCUT2D eigenvalue weighted by molar-refractivity contribution is -0.336. The van der Waals surface area contributed by atoms with Gasteiger partial charge in [-0.25, -0.2) is 4.79 Å². The number of allylic oxidation sites excluding steroid dienone is 5. The molecule has 0 fully saturated rings. The average molecular weight is 440 g/mol. The van der Waals surface area contributed by atoms with Gasteiger partial charge in [-0.2, -0.15) is 0 Å². The van der Waals surface area contributed by atoms with Gasteiger partial charge in [-0.05, 0) is 30.0 Å². The molecule has 6 nitrogen and oxygen atoms in total. The van der Waals surface area contributed by atoms with Crippen LogP contribution in [0, 0.1) is 6.07 Å². The molecular formula is C27H25N3O3. The number of methoxy groups -OCH3 is 1. The molecule has 0 N–H and O–H groups in total. The molecule has 1 atom stereocenters. The van der Waals surface area contributed by atoms with Crippen LogP contribution >= 0.6 is 0 Å². The fourth-order valence-electron chi connectivity index (χ4n) is 3.26. The van der Waals surface area contributed by atoms with Crippen LogP contribution in [-0.2, 0) is 9.53 Å². The first-order valence-corrected chi connectivity index (χ1v) is 10.5. The molecule has 33 heavy (non-hydrogen) atoms. The van der Waals surface area contributed by atoms with E-state index in [0.717, 1.165) is 11.1 Å². The zero-order valence-electron chi connectivity index (χ0n) is 18.6. The number of rotatable bonds is 6. The first kappa shape index (κ1) is 23.3. The Bertz CT molecular complexity index is 1170. The minimum absolute atomic E-state index is 0.183. The number of ether oxygens (including phenoxy) is 1. The van der Waals surface area contributed by atoms with Gasteiger partial charge < -0.3 is 14.7 Å². The number of carbonyl (C=O) groups excluding carboxylic acids is 1. The van der Waals surface area contributed by atoms with Gasteiger partial charge >= 0.3 is 12.0 Å². The summed E-state index contributed by atoms with van der Waals surface area (Å²) in [7, 11) is 1.23. The maximum Gasteiger partial charge on any atom is 0.463 e. The van der Waals surface area contributed by atoms with E-state index in [9.17, 15) is 9.90 Å². The number of carbonyl (C=O) groups is 1. The molecule has 6 heteroatoms. The summed E-state index contributed by atoms with van der Waals surface area (Å²) in [6.45, 7) is 2.39. The molecule has 0 unspecified atom stereocenters.